The van der Waals surface area contributed by atoms with Crippen LogP contribution in [-0.4, -0.2) is 34.2 Å². The van der Waals surface area contributed by atoms with E-state index in [9.17, 15) is 13.2 Å². The third-order valence-electron chi connectivity index (χ3n) is 4.18. The Morgan fingerprint density at radius 2 is 1.67 bits per heavy atom. The van der Waals surface area contributed by atoms with Gasteiger partial charge in [0.05, 0.1) is 25.1 Å². The Hall–Kier alpha value is -2.54. The summed E-state index contributed by atoms with van der Waals surface area (Å²) in [7, 11) is -2.01. The van der Waals surface area contributed by atoms with Crippen LogP contribution in [0.15, 0.2) is 42.5 Å². The average molecular weight is 391 g/mol. The van der Waals surface area contributed by atoms with E-state index in [4.69, 9.17) is 4.74 Å². The highest BCUT2D eigenvalue weighted by Crippen LogP contribution is 2.22. The van der Waals surface area contributed by atoms with Crippen LogP contribution in [-0.2, 0) is 14.8 Å². The van der Waals surface area contributed by atoms with Gasteiger partial charge in [0.15, 0.2) is 0 Å². The van der Waals surface area contributed by atoms with Gasteiger partial charge < -0.3 is 10.1 Å². The first-order valence-corrected chi connectivity index (χ1v) is 10.4. The van der Waals surface area contributed by atoms with Crippen molar-refractivity contribution in [2.24, 2.45) is 0 Å². The van der Waals surface area contributed by atoms with Crippen LogP contribution in [0.2, 0.25) is 0 Å². The van der Waals surface area contributed by atoms with Crippen molar-refractivity contribution in [2.75, 3.05) is 24.2 Å². The van der Waals surface area contributed by atoms with Gasteiger partial charge in [-0.1, -0.05) is 18.2 Å². The molecule has 1 amide bonds. The SMILES string of the molecule is COc1ccc([C@H](C)NC(=O)CN(c2cc(C)cc(C)c2)S(C)(=O)=O)cc1. The number of rotatable bonds is 7. The Bertz CT molecular complexity index is 888. The molecule has 2 aromatic rings. The predicted molar refractivity (Wildman–Crippen MR) is 108 cm³/mol. The van der Waals surface area contributed by atoms with E-state index in [1.54, 1.807) is 19.2 Å². The summed E-state index contributed by atoms with van der Waals surface area (Å²) in [5.41, 5.74) is 3.26. The van der Waals surface area contributed by atoms with Crippen LogP contribution in [0, 0.1) is 13.8 Å². The summed E-state index contributed by atoms with van der Waals surface area (Å²) < 4.78 is 30.8. The number of anilines is 1. The zero-order chi connectivity index (χ0) is 20.2. The second kappa shape index (κ2) is 8.43. The number of benzene rings is 2. The summed E-state index contributed by atoms with van der Waals surface area (Å²) in [6.07, 6.45) is 1.10. The number of ether oxygens (including phenoxy) is 1. The molecule has 0 aliphatic heterocycles. The van der Waals surface area contributed by atoms with Gasteiger partial charge in [-0.2, -0.15) is 0 Å². The Balaban J connectivity index is 2.16. The average Bonchev–Trinajstić information content (AvgIpc) is 2.57. The van der Waals surface area contributed by atoms with Gasteiger partial charge in [-0.25, -0.2) is 8.42 Å². The largest absolute Gasteiger partial charge is 0.497 e. The smallest absolute Gasteiger partial charge is 0.241 e. The summed E-state index contributed by atoms with van der Waals surface area (Å²) in [4.78, 5) is 12.5. The zero-order valence-electron chi connectivity index (χ0n) is 16.3. The fourth-order valence-electron chi connectivity index (χ4n) is 2.89. The highest BCUT2D eigenvalue weighted by molar-refractivity contribution is 7.92. The summed E-state index contributed by atoms with van der Waals surface area (Å²) in [6, 6.07) is 12.6. The molecule has 1 atom stereocenters. The Morgan fingerprint density at radius 1 is 1.11 bits per heavy atom. The zero-order valence-corrected chi connectivity index (χ0v) is 17.1. The molecule has 0 heterocycles. The van der Waals surface area contributed by atoms with E-state index in [-0.39, 0.29) is 18.5 Å². The molecule has 0 saturated carbocycles. The molecule has 0 spiro atoms. The predicted octanol–water partition coefficient (Wildman–Crippen LogP) is 2.96. The number of carbonyl (C=O) groups is 1. The minimum atomic E-state index is -3.60. The molecule has 0 aliphatic carbocycles. The van der Waals surface area contributed by atoms with E-state index < -0.39 is 10.0 Å². The summed E-state index contributed by atoms with van der Waals surface area (Å²) in [5, 5.41) is 2.85. The van der Waals surface area contributed by atoms with Crippen molar-refractivity contribution in [1.82, 2.24) is 5.32 Å². The molecule has 1 N–H and O–H groups in total. The van der Waals surface area contributed by atoms with E-state index in [1.165, 1.54) is 0 Å². The maximum Gasteiger partial charge on any atom is 0.241 e. The number of aryl methyl sites for hydroxylation is 2. The number of sulfonamides is 1. The molecule has 0 aliphatic rings. The van der Waals surface area contributed by atoms with E-state index >= 15 is 0 Å². The molecule has 0 fully saturated rings. The normalized spacial score (nSPS) is 12.3. The van der Waals surface area contributed by atoms with Gasteiger partial charge >= 0.3 is 0 Å². The highest BCUT2D eigenvalue weighted by atomic mass is 32.2. The van der Waals surface area contributed by atoms with Crippen molar-refractivity contribution < 1.29 is 17.9 Å². The summed E-state index contributed by atoms with van der Waals surface area (Å²) >= 11 is 0. The highest BCUT2D eigenvalue weighted by Gasteiger charge is 2.22. The van der Waals surface area contributed by atoms with Gasteiger partial charge in [0.25, 0.3) is 0 Å². The van der Waals surface area contributed by atoms with Crippen LogP contribution in [0.3, 0.4) is 0 Å². The number of hydrogen-bond donors (Lipinski definition) is 1. The van der Waals surface area contributed by atoms with Crippen molar-refractivity contribution in [2.45, 2.75) is 26.8 Å². The summed E-state index contributed by atoms with van der Waals surface area (Å²) in [6.45, 7) is 5.36. The first-order valence-electron chi connectivity index (χ1n) is 8.59. The van der Waals surface area contributed by atoms with Crippen LogP contribution < -0.4 is 14.4 Å². The van der Waals surface area contributed by atoms with Crippen molar-refractivity contribution in [3.8, 4) is 5.75 Å². The topological polar surface area (TPSA) is 75.7 Å². The number of methoxy groups -OCH3 is 1. The van der Waals surface area contributed by atoms with E-state index in [0.29, 0.717) is 5.69 Å². The minimum Gasteiger partial charge on any atom is -0.497 e. The van der Waals surface area contributed by atoms with Crippen LogP contribution in [0.4, 0.5) is 5.69 Å². The van der Waals surface area contributed by atoms with Crippen molar-refractivity contribution in [1.29, 1.82) is 0 Å². The lowest BCUT2D eigenvalue weighted by Crippen LogP contribution is -2.41. The molecular formula is C20H26N2O4S. The van der Waals surface area contributed by atoms with E-state index in [1.807, 2.05) is 51.1 Å². The lowest BCUT2D eigenvalue weighted by Gasteiger charge is -2.24. The number of amides is 1. The lowest BCUT2D eigenvalue weighted by atomic mass is 10.1. The second-order valence-electron chi connectivity index (χ2n) is 6.68. The van der Waals surface area contributed by atoms with E-state index in [0.717, 1.165) is 33.0 Å². The van der Waals surface area contributed by atoms with Crippen molar-refractivity contribution in [3.63, 3.8) is 0 Å². The Morgan fingerprint density at radius 3 is 2.15 bits per heavy atom. The standard InChI is InChI=1S/C20H26N2O4S/c1-14-10-15(2)12-18(11-14)22(27(5,24)25)13-20(23)21-16(3)17-6-8-19(26-4)9-7-17/h6-12,16H,13H2,1-5H3,(H,21,23)/t16-/m0/s1. The van der Waals surface area contributed by atoms with Gasteiger partial charge in [0, 0.05) is 0 Å². The molecule has 0 bridgehead atoms. The van der Waals surface area contributed by atoms with Crippen LogP contribution in [0.25, 0.3) is 0 Å². The second-order valence-corrected chi connectivity index (χ2v) is 8.58. The monoisotopic (exact) mass is 390 g/mol. The van der Waals surface area contributed by atoms with Gasteiger partial charge in [0.1, 0.15) is 12.3 Å². The number of carbonyl (C=O) groups excluding carboxylic acids is 1. The minimum absolute atomic E-state index is 0.260. The van der Waals surface area contributed by atoms with Gasteiger partial charge in [-0.15, -0.1) is 0 Å². The molecule has 146 valence electrons. The maximum absolute atomic E-state index is 12.5. The first-order chi connectivity index (χ1) is 12.6. The maximum atomic E-state index is 12.5. The van der Waals surface area contributed by atoms with Gasteiger partial charge in [-0.3, -0.25) is 9.10 Å². The Labute approximate surface area is 161 Å². The molecule has 0 saturated heterocycles. The third kappa shape index (κ3) is 5.72. The fourth-order valence-corrected chi connectivity index (χ4v) is 3.73. The molecule has 0 radical (unpaired) electrons. The number of nitrogens with zero attached hydrogens (tertiary/aromatic N) is 1. The quantitative estimate of drug-likeness (QED) is 0.789. The molecule has 0 unspecified atom stereocenters. The third-order valence-corrected chi connectivity index (χ3v) is 5.32. The molecule has 0 aromatic heterocycles. The molecule has 27 heavy (non-hydrogen) atoms. The summed E-state index contributed by atoms with van der Waals surface area (Å²) in [5.74, 6) is 0.359. The first kappa shape index (κ1) is 20.8. The van der Waals surface area contributed by atoms with Crippen LogP contribution in [0.5, 0.6) is 5.75 Å². The number of hydrogen-bond acceptors (Lipinski definition) is 4. The van der Waals surface area contributed by atoms with Gasteiger partial charge in [-0.05, 0) is 61.7 Å². The number of nitrogens with one attached hydrogen (secondary N) is 1. The molecular weight excluding hydrogens is 364 g/mol. The molecule has 7 heteroatoms. The lowest BCUT2D eigenvalue weighted by molar-refractivity contribution is -0.120. The van der Waals surface area contributed by atoms with Crippen molar-refractivity contribution in [3.05, 3.63) is 59.2 Å². The Kier molecular flexibility index (Phi) is 6.49. The van der Waals surface area contributed by atoms with Gasteiger partial charge in [0.2, 0.25) is 15.9 Å². The van der Waals surface area contributed by atoms with E-state index in [2.05, 4.69) is 5.32 Å². The molecule has 6 nitrogen and oxygen atoms in total. The molecule has 2 aromatic carbocycles. The fraction of sp³-hybridized carbons (Fsp3) is 0.350. The molecule has 2 rings (SSSR count). The van der Waals surface area contributed by atoms with Crippen LogP contribution >= 0.6 is 0 Å². The van der Waals surface area contributed by atoms with Crippen molar-refractivity contribution >= 4 is 21.6 Å². The van der Waals surface area contributed by atoms with Crippen LogP contribution in [0.1, 0.15) is 29.7 Å².